The highest BCUT2D eigenvalue weighted by molar-refractivity contribution is 6.31. The first kappa shape index (κ1) is 18.9. The van der Waals surface area contributed by atoms with Crippen LogP contribution in [0.5, 0.6) is 0 Å². The van der Waals surface area contributed by atoms with Gasteiger partial charge in [-0.3, -0.25) is 0 Å². The van der Waals surface area contributed by atoms with Crippen LogP contribution in [0.4, 0.5) is 32.4 Å². The lowest BCUT2D eigenvalue weighted by molar-refractivity contribution is -0.137. The number of nitrogens with zero attached hydrogens (tertiary/aromatic N) is 2. The molecule has 1 fully saturated rings. The summed E-state index contributed by atoms with van der Waals surface area (Å²) < 4.78 is 67.1. The van der Waals surface area contributed by atoms with Gasteiger partial charge >= 0.3 is 12.2 Å². The van der Waals surface area contributed by atoms with Gasteiger partial charge < -0.3 is 10.2 Å². The molecule has 1 N–H and O–H groups in total. The first-order valence-electron chi connectivity index (χ1n) is 8.45. The molecule has 2 aliphatic rings. The highest BCUT2D eigenvalue weighted by atomic mass is 35.5. The van der Waals surface area contributed by atoms with Crippen molar-refractivity contribution in [3.8, 4) is 0 Å². The number of nitrogens with one attached hydrogen (secondary N) is 1. The lowest BCUT2D eigenvalue weighted by atomic mass is 9.95. The third-order valence-corrected chi connectivity index (χ3v) is 5.49. The van der Waals surface area contributed by atoms with Crippen LogP contribution >= 0.6 is 11.6 Å². The molecule has 1 saturated heterocycles. The minimum absolute atomic E-state index is 0.246. The Hall–Kier alpha value is -2.42. The van der Waals surface area contributed by atoms with E-state index in [-0.39, 0.29) is 12.5 Å². The van der Waals surface area contributed by atoms with Crippen LogP contribution in [0.3, 0.4) is 0 Å². The SMILES string of the molecule is O=C(Nc1cc(C(F)(F)F)c(Cl)cc1F)N1[C@H]2CC[C@@H]1c1ccnc(F)c1C2. The zero-order chi connectivity index (χ0) is 20.2. The molecule has 0 aliphatic carbocycles. The van der Waals surface area contributed by atoms with E-state index in [0.29, 0.717) is 36.1 Å². The van der Waals surface area contributed by atoms with Gasteiger partial charge in [0.05, 0.1) is 22.3 Å². The van der Waals surface area contributed by atoms with Crippen LogP contribution in [0.15, 0.2) is 24.4 Å². The van der Waals surface area contributed by atoms with Crippen LogP contribution in [0.25, 0.3) is 0 Å². The van der Waals surface area contributed by atoms with Crippen molar-refractivity contribution in [1.29, 1.82) is 0 Å². The molecule has 2 aromatic rings. The Kier molecular flexibility index (Phi) is 4.45. The van der Waals surface area contributed by atoms with Crippen LogP contribution in [-0.2, 0) is 12.6 Å². The highest BCUT2D eigenvalue weighted by Gasteiger charge is 2.44. The number of carbonyl (C=O) groups is 1. The monoisotopic (exact) mass is 417 g/mol. The number of carbonyl (C=O) groups excluding carboxylic acids is 1. The zero-order valence-electron chi connectivity index (χ0n) is 14.2. The largest absolute Gasteiger partial charge is 0.417 e. The molecule has 0 radical (unpaired) electrons. The van der Waals surface area contributed by atoms with Gasteiger partial charge in [-0.15, -0.1) is 0 Å². The van der Waals surface area contributed by atoms with E-state index in [0.717, 1.165) is 0 Å². The van der Waals surface area contributed by atoms with Crippen LogP contribution in [-0.4, -0.2) is 22.0 Å². The van der Waals surface area contributed by atoms with Crippen LogP contribution in [0, 0.1) is 11.8 Å². The van der Waals surface area contributed by atoms with Gasteiger partial charge in [-0.05, 0) is 43.0 Å². The number of rotatable bonds is 1. The Morgan fingerprint density at radius 2 is 2.00 bits per heavy atom. The molecule has 3 heterocycles. The second-order valence-electron chi connectivity index (χ2n) is 6.77. The molecule has 2 amide bonds. The van der Waals surface area contributed by atoms with Gasteiger partial charge in [0.2, 0.25) is 5.95 Å². The van der Waals surface area contributed by atoms with Gasteiger partial charge in [-0.1, -0.05) is 11.6 Å². The van der Waals surface area contributed by atoms with Crippen molar-refractivity contribution in [3.05, 3.63) is 57.9 Å². The summed E-state index contributed by atoms with van der Waals surface area (Å²) in [5.41, 5.74) is -0.807. The number of hydrogen-bond acceptors (Lipinski definition) is 2. The maximum atomic E-state index is 14.1. The van der Waals surface area contributed by atoms with Crippen molar-refractivity contribution < 1.29 is 26.7 Å². The Morgan fingerprint density at radius 3 is 2.71 bits per heavy atom. The Bertz CT molecular complexity index is 965. The molecule has 2 atom stereocenters. The quantitative estimate of drug-likeness (QED) is 0.504. The summed E-state index contributed by atoms with van der Waals surface area (Å²) in [6.45, 7) is 0. The van der Waals surface area contributed by atoms with Gasteiger partial charge in [0, 0.05) is 17.8 Å². The second-order valence-corrected chi connectivity index (χ2v) is 7.17. The summed E-state index contributed by atoms with van der Waals surface area (Å²) in [4.78, 5) is 17.8. The lowest BCUT2D eigenvalue weighted by Gasteiger charge is -2.36. The molecule has 0 saturated carbocycles. The normalized spacial score (nSPS) is 20.9. The number of anilines is 1. The maximum Gasteiger partial charge on any atom is 0.417 e. The van der Waals surface area contributed by atoms with Crippen molar-refractivity contribution in [3.63, 3.8) is 0 Å². The predicted octanol–water partition coefficient (Wildman–Crippen LogP) is 5.33. The molecule has 1 aromatic heterocycles. The Balaban J connectivity index is 1.64. The third kappa shape index (κ3) is 3.07. The third-order valence-electron chi connectivity index (χ3n) is 5.18. The summed E-state index contributed by atoms with van der Waals surface area (Å²) in [5.74, 6) is -1.67. The van der Waals surface area contributed by atoms with Gasteiger partial charge in [-0.25, -0.2) is 14.2 Å². The van der Waals surface area contributed by atoms with E-state index in [1.807, 2.05) is 0 Å². The number of pyridine rings is 1. The molecule has 1 aromatic carbocycles. The number of urea groups is 1. The molecule has 2 bridgehead atoms. The van der Waals surface area contributed by atoms with Crippen LogP contribution < -0.4 is 5.32 Å². The molecule has 28 heavy (non-hydrogen) atoms. The highest BCUT2D eigenvalue weighted by Crippen LogP contribution is 2.44. The number of halogens is 6. The lowest BCUT2D eigenvalue weighted by Crippen LogP contribution is -2.44. The number of aromatic nitrogens is 1. The number of amides is 2. The Labute approximate surface area is 161 Å². The number of alkyl halides is 3. The average molecular weight is 418 g/mol. The zero-order valence-corrected chi connectivity index (χ0v) is 14.9. The van der Waals surface area contributed by atoms with Gasteiger partial charge in [0.25, 0.3) is 0 Å². The first-order chi connectivity index (χ1) is 13.2. The van der Waals surface area contributed by atoms with Crippen molar-refractivity contribution in [2.75, 3.05) is 5.32 Å². The number of hydrogen-bond donors (Lipinski definition) is 1. The first-order valence-corrected chi connectivity index (χ1v) is 8.83. The summed E-state index contributed by atoms with van der Waals surface area (Å²) in [7, 11) is 0. The van der Waals surface area contributed by atoms with E-state index >= 15 is 0 Å². The molecule has 4 nitrogen and oxygen atoms in total. The molecular weight excluding hydrogens is 405 g/mol. The standard InChI is InChI=1S/C18H13ClF5N3O/c19-12-7-13(20)14(6-11(12)18(22,23)24)26-17(28)27-8-1-2-15(27)9-3-4-25-16(21)10(9)5-8/h3-4,6-8,15H,1-2,5H2,(H,26,28)/t8-,15+/m0/s1. The van der Waals surface area contributed by atoms with E-state index in [1.54, 1.807) is 6.07 Å². The van der Waals surface area contributed by atoms with Gasteiger partial charge in [0.1, 0.15) is 5.82 Å². The minimum Gasteiger partial charge on any atom is -0.314 e. The van der Waals surface area contributed by atoms with Gasteiger partial charge in [-0.2, -0.15) is 17.6 Å². The number of benzene rings is 1. The molecular formula is C18H13ClF5N3O. The molecule has 10 heteroatoms. The van der Waals surface area contributed by atoms with E-state index in [2.05, 4.69) is 10.3 Å². The van der Waals surface area contributed by atoms with Gasteiger partial charge in [0.15, 0.2) is 0 Å². The van der Waals surface area contributed by atoms with Crippen molar-refractivity contribution >= 4 is 23.3 Å². The molecule has 0 unspecified atom stereocenters. The summed E-state index contributed by atoms with van der Waals surface area (Å²) >= 11 is 5.47. The summed E-state index contributed by atoms with van der Waals surface area (Å²) in [6.07, 6.45) is -2.07. The molecule has 148 valence electrons. The van der Waals surface area contributed by atoms with E-state index in [9.17, 15) is 26.7 Å². The second kappa shape index (κ2) is 6.58. The fourth-order valence-corrected chi connectivity index (χ4v) is 4.23. The van der Waals surface area contributed by atoms with E-state index in [4.69, 9.17) is 11.6 Å². The van der Waals surface area contributed by atoms with Crippen molar-refractivity contribution in [1.82, 2.24) is 9.88 Å². The average Bonchev–Trinajstić information content (AvgIpc) is 2.92. The number of fused-ring (bicyclic) bond motifs is 4. The molecule has 0 spiro atoms. The fourth-order valence-electron chi connectivity index (χ4n) is 3.97. The Morgan fingerprint density at radius 1 is 1.25 bits per heavy atom. The van der Waals surface area contributed by atoms with Crippen LogP contribution in [0.2, 0.25) is 5.02 Å². The summed E-state index contributed by atoms with van der Waals surface area (Å²) in [5, 5.41) is 1.42. The molecule has 4 rings (SSSR count). The molecule has 2 aliphatic heterocycles. The predicted molar refractivity (Wildman–Crippen MR) is 90.9 cm³/mol. The topological polar surface area (TPSA) is 45.2 Å². The minimum atomic E-state index is -4.79. The summed E-state index contributed by atoms with van der Waals surface area (Å²) in [6, 6.07) is 1.08. The maximum absolute atomic E-state index is 14.1. The van der Waals surface area contributed by atoms with Crippen LogP contribution in [0.1, 0.15) is 35.6 Å². The van der Waals surface area contributed by atoms with Crippen molar-refractivity contribution in [2.45, 2.75) is 37.5 Å². The smallest absolute Gasteiger partial charge is 0.314 e. The van der Waals surface area contributed by atoms with E-state index < -0.39 is 46.3 Å². The van der Waals surface area contributed by atoms with E-state index in [1.165, 1.54) is 11.1 Å². The fraction of sp³-hybridized carbons (Fsp3) is 0.333. The van der Waals surface area contributed by atoms with Crippen molar-refractivity contribution in [2.24, 2.45) is 0 Å².